The summed E-state index contributed by atoms with van der Waals surface area (Å²) in [6, 6.07) is 0.743. The van der Waals surface area contributed by atoms with E-state index in [9.17, 15) is 4.79 Å². The third kappa shape index (κ3) is 5.41. The number of hydrogen-bond acceptors (Lipinski definition) is 3. The smallest absolute Gasteiger partial charge is 0.237 e. The second-order valence-corrected chi connectivity index (χ2v) is 6.50. The van der Waals surface area contributed by atoms with Crippen LogP contribution in [0.5, 0.6) is 0 Å². The molecule has 1 saturated carbocycles. The highest BCUT2D eigenvalue weighted by Crippen LogP contribution is 2.22. The molecular formula is C16H33N3O. The number of nitrogens with zero attached hydrogens (tertiary/aromatic N) is 1. The van der Waals surface area contributed by atoms with Crippen molar-refractivity contribution in [2.24, 2.45) is 5.73 Å². The number of hydrogen-bond donors (Lipinski definition) is 2. The maximum atomic E-state index is 11.7. The summed E-state index contributed by atoms with van der Waals surface area (Å²) in [6.45, 7) is 5.94. The molecule has 0 bridgehead atoms. The van der Waals surface area contributed by atoms with Gasteiger partial charge in [0.15, 0.2) is 0 Å². The minimum absolute atomic E-state index is 0.230. The molecule has 1 rings (SSSR count). The van der Waals surface area contributed by atoms with E-state index >= 15 is 0 Å². The Hall–Kier alpha value is -0.610. The van der Waals surface area contributed by atoms with Gasteiger partial charge in [0.2, 0.25) is 5.91 Å². The molecule has 4 nitrogen and oxygen atoms in total. The summed E-state index contributed by atoms with van der Waals surface area (Å²) in [7, 11) is 2.22. The Morgan fingerprint density at radius 2 is 2.00 bits per heavy atom. The molecule has 0 heterocycles. The Bertz CT molecular complexity index is 289. The minimum Gasteiger partial charge on any atom is -0.368 e. The fraction of sp³-hybridized carbons (Fsp3) is 0.938. The molecule has 20 heavy (non-hydrogen) atoms. The normalized spacial score (nSPS) is 20.0. The van der Waals surface area contributed by atoms with Gasteiger partial charge in [-0.05, 0) is 59.2 Å². The molecule has 0 aliphatic heterocycles. The van der Waals surface area contributed by atoms with Gasteiger partial charge in [-0.1, -0.05) is 26.2 Å². The average molecular weight is 283 g/mol. The Morgan fingerprint density at radius 1 is 1.35 bits per heavy atom. The van der Waals surface area contributed by atoms with Crippen molar-refractivity contribution in [1.29, 1.82) is 0 Å². The van der Waals surface area contributed by atoms with E-state index in [-0.39, 0.29) is 5.91 Å². The van der Waals surface area contributed by atoms with Gasteiger partial charge in [-0.2, -0.15) is 0 Å². The van der Waals surface area contributed by atoms with Crippen LogP contribution >= 0.6 is 0 Å². The Balaban J connectivity index is 2.33. The number of amides is 1. The predicted molar refractivity (Wildman–Crippen MR) is 84.6 cm³/mol. The largest absolute Gasteiger partial charge is 0.368 e. The van der Waals surface area contributed by atoms with Crippen LogP contribution in [0.25, 0.3) is 0 Å². The van der Waals surface area contributed by atoms with Crippen molar-refractivity contribution in [2.75, 3.05) is 20.1 Å². The van der Waals surface area contributed by atoms with Crippen LogP contribution < -0.4 is 11.1 Å². The van der Waals surface area contributed by atoms with Gasteiger partial charge < -0.3 is 16.0 Å². The van der Waals surface area contributed by atoms with E-state index < -0.39 is 5.54 Å². The minimum atomic E-state index is -0.552. The molecule has 1 aliphatic carbocycles. The fourth-order valence-electron chi connectivity index (χ4n) is 3.09. The quantitative estimate of drug-likeness (QED) is 0.682. The Kier molecular flexibility index (Phi) is 7.52. The highest BCUT2D eigenvalue weighted by Gasteiger charge is 2.29. The van der Waals surface area contributed by atoms with Crippen molar-refractivity contribution in [2.45, 2.75) is 76.8 Å². The molecule has 1 aliphatic rings. The van der Waals surface area contributed by atoms with E-state index in [0.717, 1.165) is 38.4 Å². The van der Waals surface area contributed by atoms with E-state index in [0.29, 0.717) is 0 Å². The van der Waals surface area contributed by atoms with Crippen LogP contribution in [0.2, 0.25) is 0 Å². The molecule has 1 amide bonds. The molecule has 1 fully saturated rings. The predicted octanol–water partition coefficient (Wildman–Crippen LogP) is 2.27. The van der Waals surface area contributed by atoms with Gasteiger partial charge in [-0.3, -0.25) is 4.79 Å². The number of nitrogens with two attached hydrogens (primary N) is 1. The fourth-order valence-corrected chi connectivity index (χ4v) is 3.09. The zero-order valence-electron chi connectivity index (χ0n) is 13.6. The molecule has 0 saturated heterocycles. The van der Waals surface area contributed by atoms with Crippen molar-refractivity contribution in [1.82, 2.24) is 10.2 Å². The molecule has 118 valence electrons. The van der Waals surface area contributed by atoms with Crippen LogP contribution in [0.15, 0.2) is 0 Å². The number of carbonyl (C=O) groups is 1. The highest BCUT2D eigenvalue weighted by atomic mass is 16.1. The second kappa shape index (κ2) is 8.63. The van der Waals surface area contributed by atoms with E-state index in [4.69, 9.17) is 5.73 Å². The first-order chi connectivity index (χ1) is 9.49. The van der Waals surface area contributed by atoms with Crippen molar-refractivity contribution in [3.05, 3.63) is 0 Å². The molecular weight excluding hydrogens is 250 g/mol. The summed E-state index contributed by atoms with van der Waals surface area (Å²) in [4.78, 5) is 14.1. The average Bonchev–Trinajstić information content (AvgIpc) is 2.45. The van der Waals surface area contributed by atoms with Gasteiger partial charge in [0.1, 0.15) is 0 Å². The first-order valence-electron chi connectivity index (χ1n) is 8.25. The molecule has 0 radical (unpaired) electrons. The third-order valence-corrected chi connectivity index (χ3v) is 4.69. The molecule has 4 heteroatoms. The van der Waals surface area contributed by atoms with Gasteiger partial charge >= 0.3 is 0 Å². The molecule has 0 spiro atoms. The Labute approximate surface area is 124 Å². The standard InChI is InChI=1S/C16H33N3O/c1-4-12-18-16(2,15(17)20)11-8-13-19(3)14-9-6-5-7-10-14/h14,18H,4-13H2,1-3H3,(H2,17,20). The summed E-state index contributed by atoms with van der Waals surface area (Å²) >= 11 is 0. The lowest BCUT2D eigenvalue weighted by atomic mass is 9.92. The monoisotopic (exact) mass is 283 g/mol. The van der Waals surface area contributed by atoms with Crippen LogP contribution in [-0.4, -0.2) is 42.5 Å². The summed E-state index contributed by atoms with van der Waals surface area (Å²) in [5.41, 5.74) is 5.00. The highest BCUT2D eigenvalue weighted by molar-refractivity contribution is 5.84. The van der Waals surface area contributed by atoms with Crippen molar-refractivity contribution in [3.8, 4) is 0 Å². The molecule has 3 N–H and O–H groups in total. The summed E-state index contributed by atoms with van der Waals surface area (Å²) in [5.74, 6) is -0.230. The van der Waals surface area contributed by atoms with E-state index in [1.807, 2.05) is 6.92 Å². The van der Waals surface area contributed by atoms with Crippen LogP contribution in [-0.2, 0) is 4.79 Å². The third-order valence-electron chi connectivity index (χ3n) is 4.69. The lowest BCUT2D eigenvalue weighted by molar-refractivity contribution is -0.124. The topological polar surface area (TPSA) is 58.4 Å². The van der Waals surface area contributed by atoms with Crippen LogP contribution in [0.1, 0.15) is 65.2 Å². The lowest BCUT2D eigenvalue weighted by Gasteiger charge is -2.33. The van der Waals surface area contributed by atoms with Crippen LogP contribution in [0.3, 0.4) is 0 Å². The number of nitrogens with one attached hydrogen (secondary N) is 1. The zero-order valence-corrected chi connectivity index (χ0v) is 13.6. The van der Waals surface area contributed by atoms with Gasteiger partial charge in [-0.25, -0.2) is 0 Å². The maximum Gasteiger partial charge on any atom is 0.237 e. The van der Waals surface area contributed by atoms with E-state index in [2.05, 4.69) is 24.2 Å². The number of primary amides is 1. The first kappa shape index (κ1) is 17.4. The second-order valence-electron chi connectivity index (χ2n) is 6.50. The summed E-state index contributed by atoms with van der Waals surface area (Å²) in [5, 5.41) is 3.31. The van der Waals surface area contributed by atoms with Gasteiger partial charge in [-0.15, -0.1) is 0 Å². The summed E-state index contributed by atoms with van der Waals surface area (Å²) < 4.78 is 0. The van der Waals surface area contributed by atoms with Gasteiger partial charge in [0, 0.05) is 6.04 Å². The van der Waals surface area contributed by atoms with Crippen molar-refractivity contribution in [3.63, 3.8) is 0 Å². The van der Waals surface area contributed by atoms with Crippen LogP contribution in [0.4, 0.5) is 0 Å². The van der Waals surface area contributed by atoms with Crippen molar-refractivity contribution < 1.29 is 4.79 Å². The number of rotatable bonds is 9. The van der Waals surface area contributed by atoms with Gasteiger partial charge in [0.05, 0.1) is 5.54 Å². The first-order valence-corrected chi connectivity index (χ1v) is 8.25. The molecule has 0 aromatic carbocycles. The molecule has 0 aromatic rings. The zero-order chi connectivity index (χ0) is 15.0. The van der Waals surface area contributed by atoms with Gasteiger partial charge in [0.25, 0.3) is 0 Å². The maximum absolute atomic E-state index is 11.7. The Morgan fingerprint density at radius 3 is 2.55 bits per heavy atom. The van der Waals surface area contributed by atoms with Crippen LogP contribution in [0, 0.1) is 0 Å². The number of carbonyl (C=O) groups excluding carboxylic acids is 1. The lowest BCUT2D eigenvalue weighted by Crippen LogP contribution is -2.53. The summed E-state index contributed by atoms with van der Waals surface area (Å²) in [6.07, 6.45) is 9.64. The van der Waals surface area contributed by atoms with E-state index in [1.165, 1.54) is 32.1 Å². The molecule has 1 atom stereocenters. The SMILES string of the molecule is CCCNC(C)(CCCN(C)C1CCCCC1)C(N)=O. The molecule has 1 unspecified atom stereocenters. The molecule has 0 aromatic heterocycles. The van der Waals surface area contributed by atoms with E-state index in [1.54, 1.807) is 0 Å². The van der Waals surface area contributed by atoms with Crippen molar-refractivity contribution >= 4 is 5.91 Å².